The summed E-state index contributed by atoms with van der Waals surface area (Å²) in [5.74, 6) is 1.58. The second-order valence-electron chi connectivity index (χ2n) is 5.85. The van der Waals surface area contributed by atoms with Crippen LogP contribution < -0.4 is 19.5 Å². The predicted molar refractivity (Wildman–Crippen MR) is 103 cm³/mol. The van der Waals surface area contributed by atoms with Crippen LogP contribution in [0.2, 0.25) is 5.02 Å². The van der Waals surface area contributed by atoms with Crippen LogP contribution in [0.15, 0.2) is 36.4 Å². The number of carbonyl (C=O) groups is 1. The number of ether oxygens (including phenoxy) is 3. The summed E-state index contributed by atoms with van der Waals surface area (Å²) in [4.78, 5) is 12.4. The third-order valence-electron chi connectivity index (χ3n) is 4.00. The normalized spacial score (nSPS) is 11.6. The largest absolute Gasteiger partial charge is 0.493 e. The van der Waals surface area contributed by atoms with Crippen LogP contribution in [0.4, 0.5) is 0 Å². The van der Waals surface area contributed by atoms with Crippen molar-refractivity contribution in [3.8, 4) is 17.2 Å². The average molecular weight is 378 g/mol. The molecule has 0 aliphatic carbocycles. The van der Waals surface area contributed by atoms with Gasteiger partial charge in [0.05, 0.1) is 20.3 Å². The fourth-order valence-electron chi connectivity index (χ4n) is 2.34. The Hall–Kier alpha value is -2.40. The molecule has 0 saturated carbocycles. The van der Waals surface area contributed by atoms with E-state index in [-0.39, 0.29) is 18.6 Å². The fourth-order valence-corrected chi connectivity index (χ4v) is 2.56. The van der Waals surface area contributed by atoms with Gasteiger partial charge in [-0.2, -0.15) is 0 Å². The van der Waals surface area contributed by atoms with Gasteiger partial charge in [-0.15, -0.1) is 0 Å². The maximum absolute atomic E-state index is 12.4. The second-order valence-corrected chi connectivity index (χ2v) is 6.25. The third-order valence-corrected chi connectivity index (χ3v) is 4.35. The summed E-state index contributed by atoms with van der Waals surface area (Å²) in [5, 5.41) is 3.36. The van der Waals surface area contributed by atoms with E-state index in [2.05, 4.69) is 5.32 Å². The first-order valence-electron chi connectivity index (χ1n) is 8.43. The Morgan fingerprint density at radius 2 is 1.85 bits per heavy atom. The van der Waals surface area contributed by atoms with Crippen molar-refractivity contribution in [3.63, 3.8) is 0 Å². The molecule has 0 saturated heterocycles. The highest BCUT2D eigenvalue weighted by Crippen LogP contribution is 2.33. The van der Waals surface area contributed by atoms with Crippen LogP contribution in [-0.2, 0) is 6.54 Å². The quantitative estimate of drug-likeness (QED) is 0.737. The molecule has 0 radical (unpaired) electrons. The number of halogens is 1. The Labute approximate surface area is 159 Å². The topological polar surface area (TPSA) is 56.8 Å². The van der Waals surface area contributed by atoms with Crippen molar-refractivity contribution in [1.29, 1.82) is 0 Å². The van der Waals surface area contributed by atoms with E-state index in [1.165, 1.54) is 0 Å². The molecule has 2 aromatic rings. The highest BCUT2D eigenvalue weighted by Gasteiger charge is 2.12. The maximum Gasteiger partial charge on any atom is 0.251 e. The first-order valence-corrected chi connectivity index (χ1v) is 8.81. The van der Waals surface area contributed by atoms with E-state index in [0.29, 0.717) is 27.8 Å². The molecule has 0 aromatic heterocycles. The van der Waals surface area contributed by atoms with Gasteiger partial charge in [0.25, 0.3) is 5.91 Å². The first kappa shape index (κ1) is 19.9. The highest BCUT2D eigenvalue weighted by molar-refractivity contribution is 6.31. The van der Waals surface area contributed by atoms with Crippen molar-refractivity contribution < 1.29 is 19.0 Å². The SMILES string of the molecule is CCC(C)Oc1cccc(C(=O)NCc2cc(OC)c(OC)cc2Cl)c1. The third kappa shape index (κ3) is 5.05. The van der Waals surface area contributed by atoms with Crippen molar-refractivity contribution >= 4 is 17.5 Å². The van der Waals surface area contributed by atoms with Gasteiger partial charge in [0, 0.05) is 23.2 Å². The van der Waals surface area contributed by atoms with Crippen molar-refractivity contribution in [1.82, 2.24) is 5.32 Å². The molecule has 1 N–H and O–H groups in total. The van der Waals surface area contributed by atoms with Gasteiger partial charge in [-0.1, -0.05) is 24.6 Å². The summed E-state index contributed by atoms with van der Waals surface area (Å²) >= 11 is 6.26. The van der Waals surface area contributed by atoms with Gasteiger partial charge in [0.2, 0.25) is 0 Å². The van der Waals surface area contributed by atoms with E-state index in [1.807, 2.05) is 19.9 Å². The molecule has 0 fully saturated rings. The van der Waals surface area contributed by atoms with Crippen molar-refractivity contribution in [2.24, 2.45) is 0 Å². The number of hydrogen-bond donors (Lipinski definition) is 1. The van der Waals surface area contributed by atoms with Crippen LogP contribution in [-0.4, -0.2) is 26.2 Å². The summed E-state index contributed by atoms with van der Waals surface area (Å²) in [7, 11) is 3.10. The fraction of sp³-hybridized carbons (Fsp3) is 0.350. The standard InChI is InChI=1S/C20H24ClNO4/c1-5-13(2)26-16-8-6-7-14(9-16)20(23)22-12-15-10-18(24-3)19(25-4)11-17(15)21/h6-11,13H,5,12H2,1-4H3,(H,22,23). The number of amides is 1. The molecule has 6 heteroatoms. The summed E-state index contributed by atoms with van der Waals surface area (Å²) < 4.78 is 16.2. The van der Waals surface area contributed by atoms with E-state index in [1.54, 1.807) is 44.6 Å². The molecular formula is C20H24ClNO4. The smallest absolute Gasteiger partial charge is 0.251 e. The molecule has 0 spiro atoms. The lowest BCUT2D eigenvalue weighted by Gasteiger charge is -2.14. The van der Waals surface area contributed by atoms with E-state index in [4.69, 9.17) is 25.8 Å². The Kier molecular flexibility index (Phi) is 7.16. The number of carbonyl (C=O) groups excluding carboxylic acids is 1. The van der Waals surface area contributed by atoms with Gasteiger partial charge in [-0.05, 0) is 43.2 Å². The Bertz CT molecular complexity index is 763. The molecule has 5 nitrogen and oxygen atoms in total. The lowest BCUT2D eigenvalue weighted by atomic mass is 10.1. The number of nitrogens with one attached hydrogen (secondary N) is 1. The minimum atomic E-state index is -0.203. The molecule has 2 aromatic carbocycles. The first-order chi connectivity index (χ1) is 12.5. The van der Waals surface area contributed by atoms with Crippen LogP contribution in [0.1, 0.15) is 36.2 Å². The molecule has 2 rings (SSSR count). The van der Waals surface area contributed by atoms with E-state index in [0.717, 1.165) is 12.0 Å². The molecule has 1 atom stereocenters. The van der Waals surface area contributed by atoms with Crippen LogP contribution in [0.25, 0.3) is 0 Å². The highest BCUT2D eigenvalue weighted by atomic mass is 35.5. The summed E-state index contributed by atoms with van der Waals surface area (Å²) in [6, 6.07) is 10.5. The minimum Gasteiger partial charge on any atom is -0.493 e. The molecule has 140 valence electrons. The monoisotopic (exact) mass is 377 g/mol. The van der Waals surface area contributed by atoms with E-state index >= 15 is 0 Å². The van der Waals surface area contributed by atoms with Crippen molar-refractivity contribution in [2.75, 3.05) is 14.2 Å². The Balaban J connectivity index is 2.08. The molecule has 1 unspecified atom stereocenters. The van der Waals surface area contributed by atoms with Crippen LogP contribution in [0.3, 0.4) is 0 Å². The van der Waals surface area contributed by atoms with Gasteiger partial charge in [0.15, 0.2) is 11.5 Å². The summed E-state index contributed by atoms with van der Waals surface area (Å²) in [6.45, 7) is 4.31. The van der Waals surface area contributed by atoms with Gasteiger partial charge < -0.3 is 19.5 Å². The van der Waals surface area contributed by atoms with Gasteiger partial charge in [-0.25, -0.2) is 0 Å². The Morgan fingerprint density at radius 3 is 2.50 bits per heavy atom. The minimum absolute atomic E-state index is 0.0962. The molecular weight excluding hydrogens is 354 g/mol. The van der Waals surface area contributed by atoms with Crippen LogP contribution in [0.5, 0.6) is 17.2 Å². The average Bonchev–Trinajstić information content (AvgIpc) is 2.66. The number of methoxy groups -OCH3 is 2. The molecule has 0 aliphatic rings. The zero-order valence-electron chi connectivity index (χ0n) is 15.5. The molecule has 26 heavy (non-hydrogen) atoms. The zero-order chi connectivity index (χ0) is 19.1. The predicted octanol–water partition coefficient (Wildman–Crippen LogP) is 4.46. The number of benzene rings is 2. The summed E-state index contributed by atoms with van der Waals surface area (Å²) in [5.41, 5.74) is 1.27. The van der Waals surface area contributed by atoms with Crippen molar-refractivity contribution in [2.45, 2.75) is 32.9 Å². The lowest BCUT2D eigenvalue weighted by molar-refractivity contribution is 0.0950. The lowest BCUT2D eigenvalue weighted by Crippen LogP contribution is -2.23. The van der Waals surface area contributed by atoms with Crippen LogP contribution in [0, 0.1) is 0 Å². The second kappa shape index (κ2) is 9.34. The van der Waals surface area contributed by atoms with E-state index < -0.39 is 0 Å². The van der Waals surface area contributed by atoms with Gasteiger partial charge >= 0.3 is 0 Å². The maximum atomic E-state index is 12.4. The van der Waals surface area contributed by atoms with Crippen LogP contribution >= 0.6 is 11.6 Å². The van der Waals surface area contributed by atoms with Gasteiger partial charge in [0.1, 0.15) is 5.75 Å². The van der Waals surface area contributed by atoms with Gasteiger partial charge in [-0.3, -0.25) is 4.79 Å². The molecule has 0 aliphatic heterocycles. The molecule has 0 heterocycles. The zero-order valence-corrected chi connectivity index (χ0v) is 16.2. The molecule has 1 amide bonds. The molecule has 0 bridgehead atoms. The summed E-state index contributed by atoms with van der Waals surface area (Å²) in [6.07, 6.45) is 0.993. The van der Waals surface area contributed by atoms with Crippen molar-refractivity contribution in [3.05, 3.63) is 52.5 Å². The number of rotatable bonds is 8. The van der Waals surface area contributed by atoms with E-state index in [9.17, 15) is 4.79 Å². The number of hydrogen-bond acceptors (Lipinski definition) is 4. The Morgan fingerprint density at radius 1 is 1.15 bits per heavy atom.